The molecule has 1 N–H and O–H groups in total. The molecule has 0 aliphatic rings. The lowest BCUT2D eigenvalue weighted by Crippen LogP contribution is -2.11. The average molecular weight is 333 g/mol. The summed E-state index contributed by atoms with van der Waals surface area (Å²) < 4.78 is 7.08. The van der Waals surface area contributed by atoms with Crippen LogP contribution in [0.25, 0.3) is 5.69 Å². The van der Waals surface area contributed by atoms with Crippen LogP contribution in [0.5, 0.6) is 0 Å². The van der Waals surface area contributed by atoms with Gasteiger partial charge in [0.15, 0.2) is 4.67 Å². The Labute approximate surface area is 122 Å². The van der Waals surface area contributed by atoms with Gasteiger partial charge in [-0.25, -0.2) is 9.67 Å². The predicted molar refractivity (Wildman–Crippen MR) is 75.7 cm³/mol. The van der Waals surface area contributed by atoms with Gasteiger partial charge in [-0.1, -0.05) is 0 Å². The Balaban J connectivity index is 1.76. The van der Waals surface area contributed by atoms with Gasteiger partial charge in [0.2, 0.25) is 0 Å². The zero-order valence-corrected chi connectivity index (χ0v) is 11.7. The van der Waals surface area contributed by atoms with Gasteiger partial charge in [-0.2, -0.15) is 5.10 Å². The fraction of sp³-hybridized carbons (Fsp3) is 0. The summed E-state index contributed by atoms with van der Waals surface area (Å²) in [6, 6.07) is 8.87. The maximum absolute atomic E-state index is 12.0. The van der Waals surface area contributed by atoms with Gasteiger partial charge in [0, 0.05) is 5.69 Å². The number of furan rings is 1. The lowest BCUT2D eigenvalue weighted by atomic mass is 10.2. The van der Waals surface area contributed by atoms with E-state index in [0.29, 0.717) is 15.9 Å². The summed E-state index contributed by atoms with van der Waals surface area (Å²) in [6.07, 6.45) is 4.52. The highest BCUT2D eigenvalue weighted by molar-refractivity contribution is 9.10. The highest BCUT2D eigenvalue weighted by atomic mass is 79.9. The van der Waals surface area contributed by atoms with Gasteiger partial charge < -0.3 is 9.73 Å². The summed E-state index contributed by atoms with van der Waals surface area (Å²) in [5, 5.41) is 6.81. The van der Waals surface area contributed by atoms with E-state index >= 15 is 0 Å². The Morgan fingerprint density at radius 1 is 1.25 bits per heavy atom. The van der Waals surface area contributed by atoms with Crippen LogP contribution in [-0.2, 0) is 0 Å². The number of halogens is 1. The number of amides is 1. The minimum absolute atomic E-state index is 0.237. The van der Waals surface area contributed by atoms with Crippen LogP contribution in [0.3, 0.4) is 0 Å². The smallest absolute Gasteiger partial charge is 0.260 e. The second-order valence-electron chi connectivity index (χ2n) is 3.95. The second kappa shape index (κ2) is 5.30. The van der Waals surface area contributed by atoms with Crippen LogP contribution in [0, 0.1) is 0 Å². The van der Waals surface area contributed by atoms with Gasteiger partial charge in [-0.15, -0.1) is 0 Å². The molecule has 0 fully saturated rings. The zero-order chi connectivity index (χ0) is 13.9. The van der Waals surface area contributed by atoms with Crippen molar-refractivity contribution in [3.05, 3.63) is 59.5 Å². The molecule has 6 nitrogen and oxygen atoms in total. The number of benzene rings is 1. The number of carbonyl (C=O) groups is 1. The number of hydrogen-bond acceptors (Lipinski definition) is 4. The molecule has 0 aliphatic heterocycles. The van der Waals surface area contributed by atoms with Crippen molar-refractivity contribution < 1.29 is 9.21 Å². The van der Waals surface area contributed by atoms with E-state index < -0.39 is 0 Å². The molecule has 20 heavy (non-hydrogen) atoms. The maximum Gasteiger partial charge on any atom is 0.260 e. The number of hydrogen-bond donors (Lipinski definition) is 1. The number of nitrogens with zero attached hydrogens (tertiary/aromatic N) is 3. The SMILES string of the molecule is O=C(Nc1ccc(-n2cncn2)cc1)c1ccoc1Br. The van der Waals surface area contributed by atoms with Gasteiger partial charge >= 0.3 is 0 Å². The Kier molecular flexibility index (Phi) is 3.34. The van der Waals surface area contributed by atoms with Crippen LogP contribution >= 0.6 is 15.9 Å². The van der Waals surface area contributed by atoms with Gasteiger partial charge in [0.25, 0.3) is 5.91 Å². The maximum atomic E-state index is 12.0. The van der Waals surface area contributed by atoms with Crippen LogP contribution in [0.15, 0.2) is 58.3 Å². The van der Waals surface area contributed by atoms with Crippen molar-refractivity contribution in [2.24, 2.45) is 0 Å². The molecule has 0 unspecified atom stereocenters. The van der Waals surface area contributed by atoms with Crippen molar-refractivity contribution in [3.8, 4) is 5.69 Å². The van der Waals surface area contributed by atoms with Crippen LogP contribution in [0.2, 0.25) is 0 Å². The van der Waals surface area contributed by atoms with Gasteiger partial charge in [0.05, 0.1) is 17.5 Å². The quantitative estimate of drug-likeness (QED) is 0.800. The van der Waals surface area contributed by atoms with E-state index in [1.165, 1.54) is 12.6 Å². The summed E-state index contributed by atoms with van der Waals surface area (Å²) in [7, 11) is 0. The minimum Gasteiger partial charge on any atom is -0.457 e. The number of aromatic nitrogens is 3. The first-order chi connectivity index (χ1) is 9.74. The molecular formula is C13H9BrN4O2. The van der Waals surface area contributed by atoms with Gasteiger partial charge in [0.1, 0.15) is 12.7 Å². The third-order valence-electron chi connectivity index (χ3n) is 2.67. The van der Waals surface area contributed by atoms with Crippen molar-refractivity contribution in [1.29, 1.82) is 0 Å². The van der Waals surface area contributed by atoms with E-state index in [1.54, 1.807) is 29.2 Å². The van der Waals surface area contributed by atoms with Crippen LogP contribution in [0.1, 0.15) is 10.4 Å². The Morgan fingerprint density at radius 2 is 2.05 bits per heavy atom. The van der Waals surface area contributed by atoms with E-state index in [4.69, 9.17) is 4.42 Å². The molecule has 0 spiro atoms. The summed E-state index contributed by atoms with van der Waals surface area (Å²) in [5.74, 6) is -0.237. The van der Waals surface area contributed by atoms with E-state index in [2.05, 4.69) is 31.3 Å². The lowest BCUT2D eigenvalue weighted by Gasteiger charge is -2.05. The molecule has 0 radical (unpaired) electrons. The van der Waals surface area contributed by atoms with Crippen LogP contribution in [-0.4, -0.2) is 20.7 Å². The molecule has 100 valence electrons. The number of rotatable bonds is 3. The van der Waals surface area contributed by atoms with Crippen LogP contribution < -0.4 is 5.32 Å². The first-order valence-corrected chi connectivity index (χ1v) is 6.53. The molecule has 3 rings (SSSR count). The second-order valence-corrected chi connectivity index (χ2v) is 4.67. The van der Waals surface area contributed by atoms with Gasteiger partial charge in [-0.05, 0) is 46.3 Å². The molecule has 3 aromatic rings. The van der Waals surface area contributed by atoms with E-state index in [0.717, 1.165) is 5.69 Å². The third kappa shape index (κ3) is 2.48. The normalized spacial score (nSPS) is 10.4. The summed E-state index contributed by atoms with van der Waals surface area (Å²) in [5.41, 5.74) is 2.00. The average Bonchev–Trinajstić information content (AvgIpc) is 3.10. The van der Waals surface area contributed by atoms with Crippen LogP contribution in [0.4, 0.5) is 5.69 Å². The standard InChI is InChI=1S/C13H9BrN4O2/c14-12-11(5-6-20-12)13(19)17-9-1-3-10(4-2-9)18-8-15-7-16-18/h1-8H,(H,17,19). The molecule has 1 amide bonds. The largest absolute Gasteiger partial charge is 0.457 e. The molecule has 2 heterocycles. The molecule has 2 aromatic heterocycles. The van der Waals surface area contributed by atoms with E-state index in [1.807, 2.05) is 12.1 Å². The topological polar surface area (TPSA) is 73.0 Å². The number of carbonyl (C=O) groups excluding carboxylic acids is 1. The Hall–Kier alpha value is -2.41. The monoisotopic (exact) mass is 332 g/mol. The van der Waals surface area contributed by atoms with Crippen molar-refractivity contribution >= 4 is 27.5 Å². The fourth-order valence-electron chi connectivity index (χ4n) is 1.69. The Morgan fingerprint density at radius 3 is 2.65 bits per heavy atom. The molecule has 0 atom stereocenters. The number of anilines is 1. The fourth-order valence-corrected chi connectivity index (χ4v) is 2.11. The molecule has 0 saturated heterocycles. The molecule has 1 aromatic carbocycles. The summed E-state index contributed by atoms with van der Waals surface area (Å²) in [4.78, 5) is 15.9. The lowest BCUT2D eigenvalue weighted by molar-refractivity contribution is 0.102. The Bertz CT molecular complexity index is 719. The molecule has 0 aliphatic carbocycles. The molecule has 0 bridgehead atoms. The van der Waals surface area contributed by atoms with E-state index in [9.17, 15) is 4.79 Å². The first-order valence-electron chi connectivity index (χ1n) is 5.73. The van der Waals surface area contributed by atoms with Crippen molar-refractivity contribution in [1.82, 2.24) is 14.8 Å². The van der Waals surface area contributed by atoms with Crippen molar-refractivity contribution in [2.45, 2.75) is 0 Å². The van der Waals surface area contributed by atoms with E-state index in [-0.39, 0.29) is 5.91 Å². The zero-order valence-electron chi connectivity index (χ0n) is 10.2. The molecule has 7 heteroatoms. The van der Waals surface area contributed by atoms with Gasteiger partial charge in [-0.3, -0.25) is 4.79 Å². The van der Waals surface area contributed by atoms with Crippen molar-refractivity contribution in [2.75, 3.05) is 5.32 Å². The molecule has 0 saturated carbocycles. The highest BCUT2D eigenvalue weighted by Crippen LogP contribution is 2.19. The highest BCUT2D eigenvalue weighted by Gasteiger charge is 2.12. The summed E-state index contributed by atoms with van der Waals surface area (Å²) in [6.45, 7) is 0. The first kappa shape index (κ1) is 12.6. The summed E-state index contributed by atoms with van der Waals surface area (Å²) >= 11 is 3.17. The molecular weight excluding hydrogens is 324 g/mol. The van der Waals surface area contributed by atoms with Crippen molar-refractivity contribution in [3.63, 3.8) is 0 Å². The third-order valence-corrected chi connectivity index (χ3v) is 3.29. The number of nitrogens with one attached hydrogen (secondary N) is 1. The predicted octanol–water partition coefficient (Wildman–Crippen LogP) is 2.88. The minimum atomic E-state index is -0.237.